The van der Waals surface area contributed by atoms with Gasteiger partial charge in [0.2, 0.25) is 0 Å². The summed E-state index contributed by atoms with van der Waals surface area (Å²) in [6, 6.07) is 0. The smallest absolute Gasteiger partial charge is 0.00173 e. The lowest BCUT2D eigenvalue weighted by Gasteiger charge is -2.23. The van der Waals surface area contributed by atoms with Crippen molar-refractivity contribution in [1.29, 1.82) is 0 Å². The Morgan fingerprint density at radius 2 is 1.40 bits per heavy atom. The molecule has 1 saturated heterocycles. The van der Waals surface area contributed by atoms with Crippen molar-refractivity contribution in [3.8, 4) is 0 Å². The minimum atomic E-state index is 0. The highest BCUT2D eigenvalue weighted by Gasteiger charge is 2.28. The van der Waals surface area contributed by atoms with Crippen molar-refractivity contribution < 1.29 is 0 Å². The van der Waals surface area contributed by atoms with Gasteiger partial charge < -0.3 is 5.32 Å². The van der Waals surface area contributed by atoms with Crippen LogP contribution in [0.5, 0.6) is 0 Å². The first-order chi connectivity index (χ1) is 4.47. The average molecular weight is 162 g/mol. The van der Waals surface area contributed by atoms with Crippen LogP contribution in [0.2, 0.25) is 0 Å². The minimum absolute atomic E-state index is 0. The van der Waals surface area contributed by atoms with E-state index in [9.17, 15) is 0 Å². The molecule has 0 aromatic rings. The Bertz CT molecular complexity index is 93.4. The predicted octanol–water partition coefficient (Wildman–Crippen LogP) is 1.82. The summed E-state index contributed by atoms with van der Waals surface area (Å²) in [6.07, 6.45) is 5.97. The Balaban J connectivity index is 0.000000500. The first-order valence-corrected chi connectivity index (χ1v) is 4.17. The van der Waals surface area contributed by atoms with Crippen LogP contribution in [-0.4, -0.2) is 13.1 Å². The first kappa shape index (κ1) is 8.35. The Morgan fingerprint density at radius 3 is 1.90 bits per heavy atom. The van der Waals surface area contributed by atoms with Crippen LogP contribution in [0.4, 0.5) is 0 Å². The molecule has 0 spiro atoms. The molecule has 1 saturated carbocycles. The second-order valence-corrected chi connectivity index (χ2v) is 3.46. The summed E-state index contributed by atoms with van der Waals surface area (Å²) in [5.41, 5.74) is 0. The molecule has 2 aliphatic rings. The topological polar surface area (TPSA) is 12.0 Å². The zero-order valence-electron chi connectivity index (χ0n) is 6.31. The van der Waals surface area contributed by atoms with Gasteiger partial charge in [-0.15, -0.1) is 12.4 Å². The number of halogens is 1. The molecule has 2 rings (SSSR count). The SMILES string of the molecule is C1CC[C@H]2CNC[C@H]2C1.Cl. The molecule has 1 aliphatic heterocycles. The van der Waals surface area contributed by atoms with Gasteiger partial charge >= 0.3 is 0 Å². The van der Waals surface area contributed by atoms with Crippen molar-refractivity contribution in [3.05, 3.63) is 0 Å². The quantitative estimate of drug-likeness (QED) is 0.572. The van der Waals surface area contributed by atoms with E-state index in [1.165, 1.54) is 38.8 Å². The summed E-state index contributed by atoms with van der Waals surface area (Å²) in [5.74, 6) is 2.11. The molecule has 1 nitrogen and oxygen atoms in total. The van der Waals surface area contributed by atoms with Gasteiger partial charge in [-0.3, -0.25) is 0 Å². The molecule has 10 heavy (non-hydrogen) atoms. The van der Waals surface area contributed by atoms with Crippen molar-refractivity contribution in [3.63, 3.8) is 0 Å². The summed E-state index contributed by atoms with van der Waals surface area (Å²) in [7, 11) is 0. The lowest BCUT2D eigenvalue weighted by Crippen LogP contribution is -2.16. The van der Waals surface area contributed by atoms with E-state index < -0.39 is 0 Å². The van der Waals surface area contributed by atoms with Gasteiger partial charge in [0.25, 0.3) is 0 Å². The standard InChI is InChI=1S/C8H15N.ClH/c1-2-4-8-6-9-5-7(8)3-1;/h7-9H,1-6H2;1H/t7-,8+;. The fourth-order valence-corrected chi connectivity index (χ4v) is 2.28. The summed E-state index contributed by atoms with van der Waals surface area (Å²) >= 11 is 0. The zero-order chi connectivity index (χ0) is 6.10. The third-order valence-corrected chi connectivity index (χ3v) is 2.88. The van der Waals surface area contributed by atoms with Crippen LogP contribution in [0.25, 0.3) is 0 Å². The molecule has 0 aromatic carbocycles. The molecule has 0 amide bonds. The summed E-state index contributed by atoms with van der Waals surface area (Å²) in [4.78, 5) is 0. The van der Waals surface area contributed by atoms with Crippen LogP contribution >= 0.6 is 12.4 Å². The molecule has 0 bridgehead atoms. The molecule has 1 aliphatic carbocycles. The normalized spacial score (nSPS) is 38.4. The Kier molecular flexibility index (Phi) is 2.99. The van der Waals surface area contributed by atoms with Gasteiger partial charge in [-0.2, -0.15) is 0 Å². The van der Waals surface area contributed by atoms with Crippen molar-refractivity contribution in [2.24, 2.45) is 11.8 Å². The van der Waals surface area contributed by atoms with Crippen LogP contribution in [0.3, 0.4) is 0 Å². The fourth-order valence-electron chi connectivity index (χ4n) is 2.28. The Hall–Kier alpha value is 0.250. The highest BCUT2D eigenvalue weighted by atomic mass is 35.5. The van der Waals surface area contributed by atoms with Gasteiger partial charge in [-0.25, -0.2) is 0 Å². The molecular weight excluding hydrogens is 146 g/mol. The molecule has 0 aromatic heterocycles. The van der Waals surface area contributed by atoms with E-state index in [0.29, 0.717) is 0 Å². The molecule has 0 unspecified atom stereocenters. The van der Waals surface area contributed by atoms with E-state index in [4.69, 9.17) is 0 Å². The molecule has 2 heteroatoms. The van der Waals surface area contributed by atoms with E-state index in [1.54, 1.807) is 0 Å². The second kappa shape index (κ2) is 3.59. The average Bonchev–Trinajstić information content (AvgIpc) is 2.33. The van der Waals surface area contributed by atoms with E-state index in [-0.39, 0.29) is 12.4 Å². The molecule has 2 fully saturated rings. The summed E-state index contributed by atoms with van der Waals surface area (Å²) in [6.45, 7) is 2.62. The van der Waals surface area contributed by atoms with Gasteiger partial charge in [0.05, 0.1) is 0 Å². The lowest BCUT2D eigenvalue weighted by atomic mass is 9.82. The van der Waals surface area contributed by atoms with Gasteiger partial charge in [0, 0.05) is 0 Å². The van der Waals surface area contributed by atoms with Crippen molar-refractivity contribution >= 4 is 12.4 Å². The van der Waals surface area contributed by atoms with Gasteiger partial charge in [-0.1, -0.05) is 12.8 Å². The molecule has 1 N–H and O–H groups in total. The van der Waals surface area contributed by atoms with Crippen molar-refractivity contribution in [2.75, 3.05) is 13.1 Å². The lowest BCUT2D eigenvalue weighted by molar-refractivity contribution is 0.299. The number of hydrogen-bond acceptors (Lipinski definition) is 1. The fraction of sp³-hybridized carbons (Fsp3) is 1.00. The molecule has 1 heterocycles. The van der Waals surface area contributed by atoms with Crippen LogP contribution in [0.1, 0.15) is 25.7 Å². The third-order valence-electron chi connectivity index (χ3n) is 2.88. The maximum atomic E-state index is 3.46. The van der Waals surface area contributed by atoms with Crippen LogP contribution in [0, 0.1) is 11.8 Å². The predicted molar refractivity (Wildman–Crippen MR) is 45.6 cm³/mol. The second-order valence-electron chi connectivity index (χ2n) is 3.46. The number of rotatable bonds is 0. The van der Waals surface area contributed by atoms with Crippen LogP contribution < -0.4 is 5.32 Å². The zero-order valence-corrected chi connectivity index (χ0v) is 7.12. The number of hydrogen-bond donors (Lipinski definition) is 1. The number of fused-ring (bicyclic) bond motifs is 1. The molecule has 2 atom stereocenters. The largest absolute Gasteiger partial charge is 0.316 e. The highest BCUT2D eigenvalue weighted by molar-refractivity contribution is 5.85. The van der Waals surface area contributed by atoms with Crippen molar-refractivity contribution in [1.82, 2.24) is 5.32 Å². The molecule has 0 radical (unpaired) electrons. The highest BCUT2D eigenvalue weighted by Crippen LogP contribution is 2.31. The van der Waals surface area contributed by atoms with Gasteiger partial charge in [-0.05, 0) is 37.8 Å². The maximum absolute atomic E-state index is 3.46. The molecular formula is C8H16ClN. The summed E-state index contributed by atoms with van der Waals surface area (Å²) < 4.78 is 0. The van der Waals surface area contributed by atoms with Crippen molar-refractivity contribution in [2.45, 2.75) is 25.7 Å². The Morgan fingerprint density at radius 1 is 0.900 bits per heavy atom. The van der Waals surface area contributed by atoms with E-state index in [2.05, 4.69) is 5.32 Å². The third kappa shape index (κ3) is 1.46. The molecule has 60 valence electrons. The van der Waals surface area contributed by atoms with E-state index >= 15 is 0 Å². The Labute approximate surface area is 69.0 Å². The monoisotopic (exact) mass is 161 g/mol. The minimum Gasteiger partial charge on any atom is -0.316 e. The van der Waals surface area contributed by atoms with Crippen LogP contribution in [-0.2, 0) is 0 Å². The summed E-state index contributed by atoms with van der Waals surface area (Å²) in [5, 5.41) is 3.46. The van der Waals surface area contributed by atoms with Crippen LogP contribution in [0.15, 0.2) is 0 Å². The first-order valence-electron chi connectivity index (χ1n) is 4.17. The van der Waals surface area contributed by atoms with Gasteiger partial charge in [0.15, 0.2) is 0 Å². The van der Waals surface area contributed by atoms with E-state index in [0.717, 1.165) is 11.8 Å². The van der Waals surface area contributed by atoms with Gasteiger partial charge in [0.1, 0.15) is 0 Å². The number of nitrogens with one attached hydrogen (secondary N) is 1. The van der Waals surface area contributed by atoms with E-state index in [1.807, 2.05) is 0 Å². The maximum Gasteiger partial charge on any atom is -0.00173 e.